The third-order valence-electron chi connectivity index (χ3n) is 3.51. The van der Waals surface area contributed by atoms with Crippen LogP contribution >= 0.6 is 0 Å². The molecule has 60 valence electrons. The summed E-state index contributed by atoms with van der Waals surface area (Å²) >= 11 is 0. The predicted octanol–water partition coefficient (Wildman–Crippen LogP) is 0.527. The zero-order valence-electron chi connectivity index (χ0n) is 6.62. The number of piperidine rings is 3. The van der Waals surface area contributed by atoms with Crippen LogP contribution in [0.5, 0.6) is 0 Å². The minimum absolute atomic E-state index is 0.432. The number of carbonyl (C=O) groups excluding carboxylic acids is 1. The molecule has 3 saturated heterocycles. The van der Waals surface area contributed by atoms with Crippen LogP contribution < -0.4 is 0 Å². The van der Waals surface area contributed by atoms with E-state index in [9.17, 15) is 4.79 Å². The van der Waals surface area contributed by atoms with Crippen molar-refractivity contribution in [3.8, 4) is 0 Å². The van der Waals surface area contributed by atoms with E-state index in [0.29, 0.717) is 17.6 Å². The summed E-state index contributed by atoms with van der Waals surface area (Å²) in [4.78, 5) is 14.0. The summed E-state index contributed by atoms with van der Waals surface area (Å²) in [6.45, 7) is 3.43. The molecule has 0 N–H and O–H groups in total. The molecule has 0 amide bonds. The maximum Gasteiger partial charge on any atom is 0.141 e. The van der Waals surface area contributed by atoms with E-state index in [4.69, 9.17) is 0 Å². The fourth-order valence-corrected chi connectivity index (χ4v) is 3.16. The Morgan fingerprint density at radius 3 is 2.27 bits per heavy atom. The quantitative estimate of drug-likeness (QED) is 0.503. The van der Waals surface area contributed by atoms with Crippen LogP contribution in [0.2, 0.25) is 0 Å². The predicted molar refractivity (Wildman–Crippen MR) is 41.2 cm³/mol. The summed E-state index contributed by atoms with van der Waals surface area (Å²) in [5.41, 5.74) is 0. The van der Waals surface area contributed by atoms with Crippen LogP contribution in [-0.4, -0.2) is 30.3 Å². The Morgan fingerprint density at radius 2 is 1.73 bits per heavy atom. The summed E-state index contributed by atoms with van der Waals surface area (Å²) in [7, 11) is 0. The average molecular weight is 151 g/mol. The smallest absolute Gasteiger partial charge is 0.141 e. The van der Waals surface area contributed by atoms with Gasteiger partial charge in [-0.15, -0.1) is 0 Å². The molecule has 4 fully saturated rings. The summed E-state index contributed by atoms with van der Waals surface area (Å²) in [5, 5.41) is 0. The zero-order chi connectivity index (χ0) is 7.42. The maximum atomic E-state index is 11.5. The molecular formula is C9H13NO. The standard InChI is InChI=1S/C9H13NO/c11-9-7-1-6-2-8(9)5-10(3-6)4-7/h6-8H,1-5H2/t7-,8-/m1/s1. The van der Waals surface area contributed by atoms with E-state index in [-0.39, 0.29) is 0 Å². The summed E-state index contributed by atoms with van der Waals surface area (Å²) in [6.07, 6.45) is 2.40. The van der Waals surface area contributed by atoms with Crippen molar-refractivity contribution in [2.45, 2.75) is 12.8 Å². The van der Waals surface area contributed by atoms with Crippen LogP contribution in [0.25, 0.3) is 0 Å². The van der Waals surface area contributed by atoms with Gasteiger partial charge in [0, 0.05) is 31.5 Å². The first kappa shape index (κ1) is 6.18. The molecule has 4 rings (SSSR count). The van der Waals surface area contributed by atoms with E-state index in [1.54, 1.807) is 0 Å². The van der Waals surface area contributed by atoms with E-state index in [1.807, 2.05) is 0 Å². The number of hydrogen-bond acceptors (Lipinski definition) is 2. The molecule has 1 aliphatic carbocycles. The van der Waals surface area contributed by atoms with Gasteiger partial charge in [0.05, 0.1) is 0 Å². The topological polar surface area (TPSA) is 20.3 Å². The van der Waals surface area contributed by atoms with Crippen LogP contribution in [0.1, 0.15) is 12.8 Å². The average Bonchev–Trinajstić information content (AvgIpc) is 1.98. The van der Waals surface area contributed by atoms with Gasteiger partial charge in [-0.05, 0) is 18.8 Å². The number of nitrogens with zero attached hydrogens (tertiary/aromatic N) is 1. The molecule has 0 unspecified atom stereocenters. The lowest BCUT2D eigenvalue weighted by Gasteiger charge is -2.50. The van der Waals surface area contributed by atoms with E-state index in [0.717, 1.165) is 19.0 Å². The number of hydrogen-bond donors (Lipinski definition) is 0. The highest BCUT2D eigenvalue weighted by Crippen LogP contribution is 2.40. The van der Waals surface area contributed by atoms with E-state index in [2.05, 4.69) is 4.90 Å². The molecule has 2 nitrogen and oxygen atoms in total. The van der Waals surface area contributed by atoms with Gasteiger partial charge in [0.2, 0.25) is 0 Å². The Balaban J connectivity index is 1.96. The van der Waals surface area contributed by atoms with Gasteiger partial charge in [-0.2, -0.15) is 0 Å². The minimum atomic E-state index is 0.432. The molecule has 11 heavy (non-hydrogen) atoms. The molecule has 1 saturated carbocycles. The van der Waals surface area contributed by atoms with E-state index >= 15 is 0 Å². The first-order chi connectivity index (χ1) is 5.33. The second-order valence-corrected chi connectivity index (χ2v) is 4.35. The summed E-state index contributed by atoms with van der Waals surface area (Å²) in [5.74, 6) is 2.31. The molecule has 0 spiro atoms. The maximum absolute atomic E-state index is 11.5. The number of rotatable bonds is 0. The monoisotopic (exact) mass is 151 g/mol. The van der Waals surface area contributed by atoms with Gasteiger partial charge in [0.15, 0.2) is 0 Å². The van der Waals surface area contributed by atoms with Crippen molar-refractivity contribution < 1.29 is 4.79 Å². The number of carbonyl (C=O) groups is 1. The Kier molecular flexibility index (Phi) is 1.05. The lowest BCUT2D eigenvalue weighted by molar-refractivity contribution is -0.142. The van der Waals surface area contributed by atoms with Gasteiger partial charge in [-0.25, -0.2) is 0 Å². The number of Topliss-reactive ketones (excluding diaryl/α,β-unsaturated/α-hetero) is 1. The van der Waals surface area contributed by atoms with Crippen molar-refractivity contribution in [2.75, 3.05) is 19.6 Å². The molecule has 0 aromatic heterocycles. The second-order valence-electron chi connectivity index (χ2n) is 4.35. The van der Waals surface area contributed by atoms with Crippen LogP contribution in [0.4, 0.5) is 0 Å². The zero-order valence-corrected chi connectivity index (χ0v) is 6.62. The molecule has 2 heteroatoms. The molecule has 0 aromatic carbocycles. The van der Waals surface area contributed by atoms with Crippen LogP contribution in [0.3, 0.4) is 0 Å². The lowest BCUT2D eigenvalue weighted by atomic mass is 9.67. The van der Waals surface area contributed by atoms with E-state index in [1.165, 1.54) is 19.4 Å². The normalized spacial score (nSPS) is 53.6. The van der Waals surface area contributed by atoms with E-state index < -0.39 is 0 Å². The molecule has 3 heterocycles. The molecule has 2 atom stereocenters. The fourth-order valence-electron chi connectivity index (χ4n) is 3.16. The van der Waals surface area contributed by atoms with Gasteiger partial charge in [-0.1, -0.05) is 0 Å². The third kappa shape index (κ3) is 0.734. The van der Waals surface area contributed by atoms with Crippen molar-refractivity contribution in [3.05, 3.63) is 0 Å². The summed E-state index contributed by atoms with van der Waals surface area (Å²) in [6, 6.07) is 0. The fraction of sp³-hybridized carbons (Fsp3) is 0.889. The van der Waals surface area contributed by atoms with Crippen LogP contribution in [-0.2, 0) is 4.79 Å². The second kappa shape index (κ2) is 1.86. The SMILES string of the molecule is O=C1[C@@H]2CC3C[C@@H]1CN(C3)C2. The molecule has 0 radical (unpaired) electrons. The summed E-state index contributed by atoms with van der Waals surface area (Å²) < 4.78 is 0. The molecule has 3 aliphatic heterocycles. The molecular weight excluding hydrogens is 138 g/mol. The van der Waals surface area contributed by atoms with Gasteiger partial charge < -0.3 is 4.90 Å². The van der Waals surface area contributed by atoms with Gasteiger partial charge in [0.25, 0.3) is 0 Å². The largest absolute Gasteiger partial charge is 0.302 e. The van der Waals surface area contributed by atoms with Crippen molar-refractivity contribution in [1.29, 1.82) is 0 Å². The Hall–Kier alpha value is -0.370. The molecule has 4 aliphatic rings. The highest BCUT2D eigenvalue weighted by Gasteiger charge is 2.46. The highest BCUT2D eigenvalue weighted by molar-refractivity contribution is 5.85. The Morgan fingerprint density at radius 1 is 1.09 bits per heavy atom. The number of ketones is 1. The first-order valence-corrected chi connectivity index (χ1v) is 4.59. The van der Waals surface area contributed by atoms with Crippen molar-refractivity contribution in [2.24, 2.45) is 17.8 Å². The van der Waals surface area contributed by atoms with Crippen molar-refractivity contribution in [1.82, 2.24) is 4.90 Å². The Bertz CT molecular complexity index is 182. The Labute approximate surface area is 66.6 Å². The van der Waals surface area contributed by atoms with Gasteiger partial charge >= 0.3 is 0 Å². The lowest BCUT2D eigenvalue weighted by Crippen LogP contribution is -2.58. The van der Waals surface area contributed by atoms with Crippen molar-refractivity contribution in [3.63, 3.8) is 0 Å². The highest BCUT2D eigenvalue weighted by atomic mass is 16.1. The van der Waals surface area contributed by atoms with Crippen molar-refractivity contribution >= 4 is 5.78 Å². The molecule has 4 bridgehead atoms. The van der Waals surface area contributed by atoms with Crippen LogP contribution in [0.15, 0.2) is 0 Å². The third-order valence-corrected chi connectivity index (χ3v) is 3.51. The first-order valence-electron chi connectivity index (χ1n) is 4.59. The minimum Gasteiger partial charge on any atom is -0.302 e. The molecule has 0 aromatic rings. The van der Waals surface area contributed by atoms with Gasteiger partial charge in [0.1, 0.15) is 5.78 Å². The van der Waals surface area contributed by atoms with Crippen LogP contribution in [0, 0.1) is 17.8 Å². The van der Waals surface area contributed by atoms with Gasteiger partial charge in [-0.3, -0.25) is 4.79 Å².